The number of imidazole rings is 1. The second kappa shape index (κ2) is 5.34. The second-order valence-electron chi connectivity index (χ2n) is 5.06. The molecule has 0 radical (unpaired) electrons. The van der Waals surface area contributed by atoms with Gasteiger partial charge >= 0.3 is 0 Å². The highest BCUT2D eigenvalue weighted by Crippen LogP contribution is 2.31. The first-order chi connectivity index (χ1) is 10.1. The van der Waals surface area contributed by atoms with E-state index in [9.17, 15) is 5.26 Å². The van der Waals surface area contributed by atoms with Crippen molar-refractivity contribution in [2.24, 2.45) is 0 Å². The van der Waals surface area contributed by atoms with Crippen molar-refractivity contribution in [2.75, 3.05) is 0 Å². The van der Waals surface area contributed by atoms with Crippen molar-refractivity contribution in [1.29, 1.82) is 5.26 Å². The van der Waals surface area contributed by atoms with Gasteiger partial charge in [-0.2, -0.15) is 5.26 Å². The summed E-state index contributed by atoms with van der Waals surface area (Å²) in [7, 11) is 0. The summed E-state index contributed by atoms with van der Waals surface area (Å²) in [4.78, 5) is 4.74. The van der Waals surface area contributed by atoms with Gasteiger partial charge in [-0.25, -0.2) is 4.98 Å². The van der Waals surface area contributed by atoms with Gasteiger partial charge in [0.1, 0.15) is 5.65 Å². The third-order valence-electron chi connectivity index (χ3n) is 3.60. The Kier molecular flexibility index (Phi) is 3.52. The van der Waals surface area contributed by atoms with Gasteiger partial charge in [0.15, 0.2) is 0 Å². The molecule has 2 aromatic heterocycles. The number of halogens is 1. The monoisotopic (exact) mass is 339 g/mol. The molecular weight excluding hydrogens is 326 g/mol. The minimum Gasteiger partial charge on any atom is -0.299 e. The normalized spacial score (nSPS) is 12.3. The maximum absolute atomic E-state index is 9.37. The Morgan fingerprint density at radius 2 is 1.90 bits per heavy atom. The summed E-state index contributed by atoms with van der Waals surface area (Å²) < 4.78 is 3.10. The van der Waals surface area contributed by atoms with Gasteiger partial charge in [-0.1, -0.05) is 34.1 Å². The fourth-order valence-corrected chi connectivity index (χ4v) is 2.83. The molecule has 3 nitrogen and oxygen atoms in total. The molecule has 104 valence electrons. The lowest BCUT2D eigenvalue weighted by Gasteiger charge is -2.09. The van der Waals surface area contributed by atoms with Gasteiger partial charge in [0, 0.05) is 15.7 Å². The van der Waals surface area contributed by atoms with Gasteiger partial charge in [0.2, 0.25) is 0 Å². The van der Waals surface area contributed by atoms with Gasteiger partial charge in [-0.3, -0.25) is 4.40 Å². The van der Waals surface area contributed by atoms with Crippen LogP contribution in [0.5, 0.6) is 0 Å². The molecule has 0 amide bonds. The van der Waals surface area contributed by atoms with E-state index < -0.39 is 0 Å². The standard InChI is InChI=1S/C17H14BrN3/c1-11(10-19)17-16(13-6-8-14(18)9-7-13)20-15-5-3-4-12(2)21(15)17/h3-9,11H,1-2H3. The predicted molar refractivity (Wildman–Crippen MR) is 87.1 cm³/mol. The van der Waals surface area contributed by atoms with E-state index in [2.05, 4.69) is 26.4 Å². The number of nitrogens with zero attached hydrogens (tertiary/aromatic N) is 3. The molecule has 4 heteroatoms. The van der Waals surface area contributed by atoms with E-state index in [1.165, 1.54) is 0 Å². The molecule has 0 N–H and O–H groups in total. The van der Waals surface area contributed by atoms with Crippen LogP contribution >= 0.6 is 15.9 Å². The fourth-order valence-electron chi connectivity index (χ4n) is 2.56. The van der Waals surface area contributed by atoms with Crippen LogP contribution in [0, 0.1) is 18.3 Å². The Morgan fingerprint density at radius 3 is 2.57 bits per heavy atom. The Balaban J connectivity index is 2.34. The van der Waals surface area contributed by atoms with Crippen LogP contribution in [-0.2, 0) is 0 Å². The van der Waals surface area contributed by atoms with Gasteiger partial charge in [-0.15, -0.1) is 0 Å². The van der Waals surface area contributed by atoms with E-state index in [0.29, 0.717) is 0 Å². The van der Waals surface area contributed by atoms with Crippen LogP contribution in [0.1, 0.15) is 24.2 Å². The summed E-state index contributed by atoms with van der Waals surface area (Å²) in [6.45, 7) is 3.95. The van der Waals surface area contributed by atoms with Crippen molar-refractivity contribution in [2.45, 2.75) is 19.8 Å². The minimum atomic E-state index is -0.222. The number of rotatable bonds is 2. The molecule has 1 atom stereocenters. The molecule has 0 aliphatic rings. The summed E-state index contributed by atoms with van der Waals surface area (Å²) in [6.07, 6.45) is 0. The number of nitriles is 1. The quantitative estimate of drug-likeness (QED) is 0.678. The zero-order chi connectivity index (χ0) is 15.0. The smallest absolute Gasteiger partial charge is 0.137 e. The number of hydrogen-bond acceptors (Lipinski definition) is 2. The maximum Gasteiger partial charge on any atom is 0.137 e. The number of fused-ring (bicyclic) bond motifs is 1. The molecule has 0 saturated carbocycles. The Labute approximate surface area is 132 Å². The molecular formula is C17H14BrN3. The average Bonchev–Trinajstić information content (AvgIpc) is 2.88. The van der Waals surface area contributed by atoms with E-state index >= 15 is 0 Å². The van der Waals surface area contributed by atoms with Crippen molar-refractivity contribution in [3.8, 4) is 17.3 Å². The maximum atomic E-state index is 9.37. The molecule has 3 aromatic rings. The van der Waals surface area contributed by atoms with Crippen LogP contribution in [0.2, 0.25) is 0 Å². The topological polar surface area (TPSA) is 41.1 Å². The highest BCUT2D eigenvalue weighted by molar-refractivity contribution is 9.10. The van der Waals surface area contributed by atoms with Crippen molar-refractivity contribution >= 4 is 21.6 Å². The second-order valence-corrected chi connectivity index (χ2v) is 5.98. The molecule has 1 aromatic carbocycles. The van der Waals surface area contributed by atoms with Gasteiger partial charge < -0.3 is 0 Å². The first kappa shape index (κ1) is 13.8. The van der Waals surface area contributed by atoms with Crippen molar-refractivity contribution < 1.29 is 0 Å². The van der Waals surface area contributed by atoms with Crippen LogP contribution in [0.4, 0.5) is 0 Å². The summed E-state index contributed by atoms with van der Waals surface area (Å²) in [6, 6.07) is 16.4. The van der Waals surface area contributed by atoms with Crippen molar-refractivity contribution in [3.63, 3.8) is 0 Å². The number of aryl methyl sites for hydroxylation is 1. The lowest BCUT2D eigenvalue weighted by atomic mass is 10.0. The molecule has 21 heavy (non-hydrogen) atoms. The molecule has 0 saturated heterocycles. The first-order valence-corrected chi connectivity index (χ1v) is 7.54. The predicted octanol–water partition coefficient (Wildman–Crippen LogP) is 4.70. The Morgan fingerprint density at radius 1 is 1.19 bits per heavy atom. The molecule has 0 spiro atoms. The van der Waals surface area contributed by atoms with E-state index in [-0.39, 0.29) is 5.92 Å². The SMILES string of the molecule is Cc1cccc2nc(-c3ccc(Br)cc3)c(C(C)C#N)n12. The molecule has 0 aliphatic carbocycles. The molecule has 0 fully saturated rings. The third kappa shape index (κ3) is 2.34. The lowest BCUT2D eigenvalue weighted by Crippen LogP contribution is -2.01. The van der Waals surface area contributed by atoms with Crippen molar-refractivity contribution in [3.05, 3.63) is 58.3 Å². The number of benzene rings is 1. The fraction of sp³-hybridized carbons (Fsp3) is 0.176. The largest absolute Gasteiger partial charge is 0.299 e. The highest BCUT2D eigenvalue weighted by atomic mass is 79.9. The summed E-state index contributed by atoms with van der Waals surface area (Å²) >= 11 is 3.45. The zero-order valence-corrected chi connectivity index (χ0v) is 13.4. The molecule has 1 unspecified atom stereocenters. The number of pyridine rings is 1. The van der Waals surface area contributed by atoms with Crippen molar-refractivity contribution in [1.82, 2.24) is 9.38 Å². The molecule has 2 heterocycles. The molecule has 0 bridgehead atoms. The molecule has 0 aliphatic heterocycles. The summed E-state index contributed by atoms with van der Waals surface area (Å²) in [5.74, 6) is -0.222. The van der Waals surface area contributed by atoms with Gasteiger partial charge in [0.25, 0.3) is 0 Å². The Bertz CT molecular complexity index is 841. The first-order valence-electron chi connectivity index (χ1n) is 6.75. The summed E-state index contributed by atoms with van der Waals surface area (Å²) in [5.41, 5.74) is 4.82. The number of hydrogen-bond donors (Lipinski definition) is 0. The van der Waals surface area contributed by atoms with E-state index in [4.69, 9.17) is 4.98 Å². The Hall–Kier alpha value is -2.12. The van der Waals surface area contributed by atoms with Crippen LogP contribution in [0.25, 0.3) is 16.9 Å². The number of aromatic nitrogens is 2. The van der Waals surface area contributed by atoms with E-state index in [1.54, 1.807) is 0 Å². The lowest BCUT2D eigenvalue weighted by molar-refractivity contribution is 0.882. The highest BCUT2D eigenvalue weighted by Gasteiger charge is 2.20. The minimum absolute atomic E-state index is 0.222. The van der Waals surface area contributed by atoms with Gasteiger partial charge in [0.05, 0.1) is 23.4 Å². The van der Waals surface area contributed by atoms with Crippen LogP contribution in [0.15, 0.2) is 46.9 Å². The van der Waals surface area contributed by atoms with E-state index in [0.717, 1.165) is 32.8 Å². The zero-order valence-electron chi connectivity index (χ0n) is 11.8. The van der Waals surface area contributed by atoms with Crippen LogP contribution in [0.3, 0.4) is 0 Å². The van der Waals surface area contributed by atoms with Gasteiger partial charge in [-0.05, 0) is 38.1 Å². The van der Waals surface area contributed by atoms with E-state index in [1.807, 2.05) is 56.3 Å². The van der Waals surface area contributed by atoms with Crippen LogP contribution in [-0.4, -0.2) is 9.38 Å². The third-order valence-corrected chi connectivity index (χ3v) is 4.12. The summed E-state index contributed by atoms with van der Waals surface area (Å²) in [5, 5.41) is 9.37. The van der Waals surface area contributed by atoms with Crippen LogP contribution < -0.4 is 0 Å². The molecule has 3 rings (SSSR count). The average molecular weight is 340 g/mol.